The lowest BCUT2D eigenvalue weighted by atomic mass is 10.2. The molecule has 29 heavy (non-hydrogen) atoms. The van der Waals surface area contributed by atoms with Crippen LogP contribution in [-0.2, 0) is 17.9 Å². The van der Waals surface area contributed by atoms with Gasteiger partial charge in [-0.05, 0) is 13.0 Å². The maximum Gasteiger partial charge on any atom is 0.241 e. The highest BCUT2D eigenvalue weighted by atomic mass is 19.1. The van der Waals surface area contributed by atoms with E-state index < -0.39 is 17.5 Å². The van der Waals surface area contributed by atoms with Gasteiger partial charge in [-0.1, -0.05) is 0 Å². The number of rotatable bonds is 8. The summed E-state index contributed by atoms with van der Waals surface area (Å²) in [4.78, 5) is 19.8. The third-order valence-electron chi connectivity index (χ3n) is 3.78. The van der Waals surface area contributed by atoms with Gasteiger partial charge in [0.05, 0.1) is 11.9 Å². The normalized spacial score (nSPS) is 10.6. The predicted molar refractivity (Wildman–Crippen MR) is 99.9 cm³/mol. The molecule has 0 bridgehead atoms. The molecule has 3 aromatic rings. The third kappa shape index (κ3) is 5.43. The molecule has 1 aromatic carbocycles. The molecule has 3 rings (SSSR count). The Balaban J connectivity index is 1.63. The van der Waals surface area contributed by atoms with Crippen LogP contribution in [0.3, 0.4) is 0 Å². The van der Waals surface area contributed by atoms with Gasteiger partial charge < -0.3 is 16.0 Å². The van der Waals surface area contributed by atoms with Gasteiger partial charge in [0.15, 0.2) is 0 Å². The average molecular weight is 405 g/mol. The van der Waals surface area contributed by atoms with Crippen molar-refractivity contribution in [2.45, 2.75) is 20.0 Å². The van der Waals surface area contributed by atoms with Gasteiger partial charge in [-0.3, -0.25) is 9.48 Å². The second kappa shape index (κ2) is 9.04. The molecule has 0 radical (unpaired) electrons. The van der Waals surface area contributed by atoms with E-state index in [0.717, 1.165) is 0 Å². The number of amides is 1. The zero-order valence-electron chi connectivity index (χ0n) is 15.4. The Morgan fingerprint density at radius 1 is 1.21 bits per heavy atom. The van der Waals surface area contributed by atoms with Gasteiger partial charge in [0.25, 0.3) is 0 Å². The van der Waals surface area contributed by atoms with Crippen LogP contribution >= 0.6 is 0 Å². The molecule has 2 heterocycles. The van der Waals surface area contributed by atoms with Crippen LogP contribution in [0.2, 0.25) is 0 Å². The van der Waals surface area contributed by atoms with Crippen LogP contribution in [0.15, 0.2) is 36.8 Å². The fraction of sp³-hybridized carbons (Fsp3) is 0.222. The maximum absolute atomic E-state index is 13.7. The molecule has 0 aliphatic rings. The molecular formula is C18H18F3N7O. The van der Waals surface area contributed by atoms with E-state index in [9.17, 15) is 18.0 Å². The predicted octanol–water partition coefficient (Wildman–Crippen LogP) is 2.58. The molecule has 3 N–H and O–H groups in total. The molecule has 0 spiro atoms. The summed E-state index contributed by atoms with van der Waals surface area (Å²) in [5.74, 6) is -2.59. The van der Waals surface area contributed by atoms with Crippen molar-refractivity contribution < 1.29 is 18.0 Å². The summed E-state index contributed by atoms with van der Waals surface area (Å²) in [6, 6.07) is 2.75. The first-order chi connectivity index (χ1) is 13.9. The molecule has 11 heteroatoms. The third-order valence-corrected chi connectivity index (χ3v) is 3.78. The van der Waals surface area contributed by atoms with Crippen LogP contribution in [0.5, 0.6) is 0 Å². The Labute approximate surface area is 164 Å². The Bertz CT molecular complexity index is 986. The van der Waals surface area contributed by atoms with Gasteiger partial charge in [-0.2, -0.15) is 10.1 Å². The number of likely N-dealkylation sites (N-methyl/N-ethyl adjacent to an activating group) is 1. The Morgan fingerprint density at radius 3 is 2.69 bits per heavy atom. The highest BCUT2D eigenvalue weighted by Gasteiger charge is 2.12. The van der Waals surface area contributed by atoms with Crippen molar-refractivity contribution in [3.05, 3.63) is 59.8 Å². The van der Waals surface area contributed by atoms with Gasteiger partial charge in [-0.15, -0.1) is 0 Å². The summed E-state index contributed by atoms with van der Waals surface area (Å²) < 4.78 is 41.9. The zero-order valence-corrected chi connectivity index (χ0v) is 15.4. The number of halogens is 3. The molecule has 0 fully saturated rings. The van der Waals surface area contributed by atoms with Crippen molar-refractivity contribution in [3.8, 4) is 0 Å². The van der Waals surface area contributed by atoms with E-state index in [4.69, 9.17) is 0 Å². The minimum Gasteiger partial charge on any atom is -0.366 e. The van der Waals surface area contributed by atoms with Crippen LogP contribution in [-0.4, -0.2) is 32.2 Å². The van der Waals surface area contributed by atoms with Gasteiger partial charge >= 0.3 is 0 Å². The second-order valence-corrected chi connectivity index (χ2v) is 5.97. The Hall–Kier alpha value is -3.63. The van der Waals surface area contributed by atoms with Crippen LogP contribution < -0.4 is 16.0 Å². The summed E-state index contributed by atoms with van der Waals surface area (Å²) in [6.45, 7) is 2.21. The average Bonchev–Trinajstić information content (AvgIpc) is 3.08. The zero-order chi connectivity index (χ0) is 20.8. The number of nitrogens with zero attached hydrogens (tertiary/aromatic N) is 4. The van der Waals surface area contributed by atoms with Crippen molar-refractivity contribution in [3.63, 3.8) is 0 Å². The van der Waals surface area contributed by atoms with E-state index >= 15 is 0 Å². The topological polar surface area (TPSA) is 96.8 Å². The lowest BCUT2D eigenvalue weighted by Gasteiger charge is -2.09. The standard InChI is InChI=1S/C18H18F3N7O/c1-2-22-17(29)10-28-9-12(7-25-28)26-18-23-4-3-16(27-18)24-8-13-14(20)5-11(19)6-15(13)21/h3-7,9H,2,8,10H2,1H3,(H,22,29)(H2,23,24,26,27). The maximum atomic E-state index is 13.7. The van der Waals surface area contributed by atoms with E-state index in [1.54, 1.807) is 6.20 Å². The largest absolute Gasteiger partial charge is 0.366 e. The van der Waals surface area contributed by atoms with Gasteiger partial charge in [0.1, 0.15) is 29.8 Å². The summed E-state index contributed by atoms with van der Waals surface area (Å²) >= 11 is 0. The lowest BCUT2D eigenvalue weighted by Crippen LogP contribution is -2.27. The molecule has 0 unspecified atom stereocenters. The smallest absolute Gasteiger partial charge is 0.241 e. The number of nitrogens with one attached hydrogen (secondary N) is 3. The van der Waals surface area contributed by atoms with E-state index in [1.165, 1.54) is 23.1 Å². The Morgan fingerprint density at radius 2 is 1.97 bits per heavy atom. The monoisotopic (exact) mass is 405 g/mol. The first-order valence-electron chi connectivity index (χ1n) is 8.71. The van der Waals surface area contributed by atoms with Crippen LogP contribution in [0.4, 0.5) is 30.6 Å². The summed E-state index contributed by atoms with van der Waals surface area (Å²) in [7, 11) is 0. The van der Waals surface area contributed by atoms with E-state index in [2.05, 4.69) is 31.0 Å². The number of carbonyl (C=O) groups excluding carboxylic acids is 1. The molecular weight excluding hydrogens is 387 g/mol. The molecule has 1 amide bonds. The van der Waals surface area contributed by atoms with Crippen molar-refractivity contribution >= 4 is 23.4 Å². The van der Waals surface area contributed by atoms with Gasteiger partial charge in [0.2, 0.25) is 11.9 Å². The number of hydrogen-bond acceptors (Lipinski definition) is 6. The molecule has 0 saturated carbocycles. The first kappa shape index (κ1) is 20.1. The van der Waals surface area contributed by atoms with Crippen molar-refractivity contribution in [2.75, 3.05) is 17.2 Å². The first-order valence-corrected chi connectivity index (χ1v) is 8.71. The number of benzene rings is 1. The van der Waals surface area contributed by atoms with E-state index in [-0.39, 0.29) is 30.5 Å². The molecule has 152 valence electrons. The van der Waals surface area contributed by atoms with Crippen molar-refractivity contribution in [1.82, 2.24) is 25.1 Å². The molecule has 0 saturated heterocycles. The number of carbonyl (C=O) groups is 1. The number of anilines is 3. The van der Waals surface area contributed by atoms with Gasteiger partial charge in [-0.25, -0.2) is 18.2 Å². The summed E-state index contributed by atoms with van der Waals surface area (Å²) in [5, 5.41) is 12.4. The van der Waals surface area contributed by atoms with E-state index in [1.807, 2.05) is 6.92 Å². The molecule has 8 nitrogen and oxygen atoms in total. The van der Waals surface area contributed by atoms with Crippen molar-refractivity contribution in [2.24, 2.45) is 0 Å². The molecule has 0 aliphatic carbocycles. The highest BCUT2D eigenvalue weighted by molar-refractivity contribution is 5.75. The van der Waals surface area contributed by atoms with Crippen LogP contribution in [0.1, 0.15) is 12.5 Å². The van der Waals surface area contributed by atoms with Crippen LogP contribution in [0.25, 0.3) is 0 Å². The quantitative estimate of drug-likeness (QED) is 0.533. The van der Waals surface area contributed by atoms with Crippen molar-refractivity contribution in [1.29, 1.82) is 0 Å². The highest BCUT2D eigenvalue weighted by Crippen LogP contribution is 2.17. The molecule has 0 atom stereocenters. The lowest BCUT2D eigenvalue weighted by molar-refractivity contribution is -0.121. The summed E-state index contributed by atoms with van der Waals surface area (Å²) in [5.41, 5.74) is 0.258. The minimum absolute atomic E-state index is 0.0762. The number of hydrogen-bond donors (Lipinski definition) is 3. The minimum atomic E-state index is -0.984. The second-order valence-electron chi connectivity index (χ2n) is 5.97. The van der Waals surface area contributed by atoms with Gasteiger partial charge in [0, 0.05) is 43.2 Å². The fourth-order valence-corrected chi connectivity index (χ4v) is 2.48. The molecule has 0 aliphatic heterocycles. The SMILES string of the molecule is CCNC(=O)Cn1cc(Nc2nccc(NCc3c(F)cc(F)cc3F)n2)cn1. The van der Waals surface area contributed by atoms with Crippen LogP contribution in [0, 0.1) is 17.5 Å². The fourth-order valence-electron chi connectivity index (χ4n) is 2.48. The number of aromatic nitrogens is 4. The summed E-state index contributed by atoms with van der Waals surface area (Å²) in [6.07, 6.45) is 4.57. The Kier molecular flexibility index (Phi) is 6.27. The molecule has 2 aromatic heterocycles. The van der Waals surface area contributed by atoms with E-state index in [0.29, 0.717) is 30.2 Å².